The van der Waals surface area contributed by atoms with Crippen molar-refractivity contribution in [2.45, 2.75) is 51.3 Å². The van der Waals surface area contributed by atoms with Crippen LogP contribution in [-0.2, 0) is 25.3 Å². The number of anilines is 1. The minimum absolute atomic E-state index is 0.181. The average Bonchev–Trinajstić information content (AvgIpc) is 3.25. The highest BCUT2D eigenvalue weighted by Crippen LogP contribution is 2.38. The van der Waals surface area contributed by atoms with Crippen molar-refractivity contribution in [3.05, 3.63) is 54.7 Å². The molecule has 9 nitrogen and oxygen atoms in total. The third-order valence-electron chi connectivity index (χ3n) is 5.93. The lowest BCUT2D eigenvalue weighted by molar-refractivity contribution is -0.136. The van der Waals surface area contributed by atoms with E-state index in [4.69, 9.17) is 13.7 Å². The molecule has 0 saturated carbocycles. The van der Waals surface area contributed by atoms with Crippen molar-refractivity contribution in [1.82, 2.24) is 15.3 Å². The zero-order chi connectivity index (χ0) is 22.9. The van der Waals surface area contributed by atoms with Crippen LogP contribution in [0.25, 0.3) is 11.0 Å². The van der Waals surface area contributed by atoms with E-state index in [1.54, 1.807) is 6.26 Å². The number of nitrogens with one attached hydrogen (secondary N) is 2. The molecular weight excluding hydrogens is 411 g/mol. The number of benzene rings is 1. The fourth-order valence-corrected chi connectivity index (χ4v) is 3.47. The number of hydrogen-bond donors (Lipinski definition) is 2. The first kappa shape index (κ1) is 22.0. The summed E-state index contributed by atoms with van der Waals surface area (Å²) >= 11 is 0. The molecule has 3 aromatic rings. The van der Waals surface area contributed by atoms with Crippen LogP contribution in [0.15, 0.2) is 53.5 Å². The fraction of sp³-hybridized carbons (Fsp3) is 0.364. The number of carbonyl (C=O) groups is 2. The maximum atomic E-state index is 12.7. The van der Waals surface area contributed by atoms with Crippen molar-refractivity contribution >= 4 is 35.7 Å². The van der Waals surface area contributed by atoms with Crippen LogP contribution < -0.4 is 10.6 Å². The summed E-state index contributed by atoms with van der Waals surface area (Å²) in [6, 6.07) is 7.62. The van der Waals surface area contributed by atoms with Crippen molar-refractivity contribution in [3.8, 4) is 0 Å². The number of carbonyl (C=O) groups excluding carboxylic acids is 2. The van der Waals surface area contributed by atoms with Crippen molar-refractivity contribution in [2.75, 3.05) is 5.32 Å². The number of hydrogen-bond acceptors (Lipinski definition) is 7. The summed E-state index contributed by atoms with van der Waals surface area (Å²) in [4.78, 5) is 33.0. The normalized spacial score (nSPS) is 17.8. The van der Waals surface area contributed by atoms with Crippen molar-refractivity contribution < 1.29 is 23.3 Å². The van der Waals surface area contributed by atoms with E-state index < -0.39 is 36.1 Å². The number of nitrogens with zero attached hydrogens (tertiary/aromatic N) is 2. The Morgan fingerprint density at radius 1 is 1.06 bits per heavy atom. The number of aromatic nitrogens is 2. The molecule has 1 fully saturated rings. The van der Waals surface area contributed by atoms with Crippen LogP contribution in [0.2, 0.25) is 0 Å². The van der Waals surface area contributed by atoms with Gasteiger partial charge in [0.1, 0.15) is 5.58 Å². The molecule has 1 aromatic carbocycles. The van der Waals surface area contributed by atoms with E-state index in [0.717, 1.165) is 16.5 Å². The molecule has 0 bridgehead atoms. The molecule has 0 unspecified atom stereocenters. The van der Waals surface area contributed by atoms with Crippen LogP contribution in [-0.4, -0.2) is 46.0 Å². The van der Waals surface area contributed by atoms with Crippen LogP contribution in [0.4, 0.5) is 5.82 Å². The largest absolute Gasteiger partial charge is 0.482 e. The summed E-state index contributed by atoms with van der Waals surface area (Å²) in [6.07, 6.45) is 6.24. The first-order valence-electron chi connectivity index (χ1n) is 10.3. The van der Waals surface area contributed by atoms with Crippen LogP contribution >= 0.6 is 0 Å². The van der Waals surface area contributed by atoms with Gasteiger partial charge in [-0.25, -0.2) is 4.98 Å². The molecule has 1 aliphatic heterocycles. The maximum absolute atomic E-state index is 12.7. The Labute approximate surface area is 186 Å². The van der Waals surface area contributed by atoms with Gasteiger partial charge in [-0.05, 0) is 45.7 Å². The Morgan fingerprint density at radius 3 is 2.47 bits per heavy atom. The molecule has 0 spiro atoms. The quantitative estimate of drug-likeness (QED) is 0.467. The lowest BCUT2D eigenvalue weighted by Crippen LogP contribution is -2.52. The molecule has 3 heterocycles. The van der Waals surface area contributed by atoms with E-state index in [9.17, 15) is 9.59 Å². The Hall–Kier alpha value is -3.24. The highest BCUT2D eigenvalue weighted by atomic mass is 16.7. The van der Waals surface area contributed by atoms with E-state index in [-0.39, 0.29) is 5.82 Å². The maximum Gasteiger partial charge on any atom is 0.482 e. The summed E-state index contributed by atoms with van der Waals surface area (Å²) in [5, 5.41) is 6.12. The van der Waals surface area contributed by atoms with E-state index in [0.29, 0.717) is 6.42 Å². The molecule has 0 radical (unpaired) electrons. The molecule has 10 heteroatoms. The van der Waals surface area contributed by atoms with Gasteiger partial charge in [0, 0.05) is 17.8 Å². The lowest BCUT2D eigenvalue weighted by atomic mass is 9.74. The Kier molecular flexibility index (Phi) is 5.74. The zero-order valence-electron chi connectivity index (χ0n) is 18.4. The molecule has 1 atom stereocenters. The summed E-state index contributed by atoms with van der Waals surface area (Å²) in [6.45, 7) is 7.72. The van der Waals surface area contributed by atoms with Gasteiger partial charge in [-0.1, -0.05) is 18.2 Å². The van der Waals surface area contributed by atoms with E-state index in [1.807, 2.05) is 52.0 Å². The molecule has 2 amide bonds. The van der Waals surface area contributed by atoms with Gasteiger partial charge in [-0.15, -0.1) is 0 Å². The number of amides is 2. The molecule has 0 aliphatic carbocycles. The first-order chi connectivity index (χ1) is 15.2. The second-order valence-electron chi connectivity index (χ2n) is 8.71. The molecule has 4 rings (SSSR count). The Morgan fingerprint density at radius 2 is 1.78 bits per heavy atom. The Balaban J connectivity index is 1.56. The van der Waals surface area contributed by atoms with E-state index in [1.165, 1.54) is 18.6 Å². The molecular formula is C22H25BN4O5. The predicted octanol–water partition coefficient (Wildman–Crippen LogP) is 2.52. The fourth-order valence-electron chi connectivity index (χ4n) is 3.47. The van der Waals surface area contributed by atoms with Crippen LogP contribution in [0.1, 0.15) is 33.3 Å². The van der Waals surface area contributed by atoms with Crippen molar-refractivity contribution in [1.29, 1.82) is 0 Å². The van der Waals surface area contributed by atoms with Gasteiger partial charge < -0.3 is 24.4 Å². The number of fused-ring (bicyclic) bond motifs is 1. The van der Waals surface area contributed by atoms with Crippen LogP contribution in [0.5, 0.6) is 0 Å². The van der Waals surface area contributed by atoms with E-state index in [2.05, 4.69) is 20.6 Å². The lowest BCUT2D eigenvalue weighted by Gasteiger charge is -2.32. The minimum atomic E-state index is -0.857. The standard InChI is InChI=1S/C22H25BN4O5/c1-21(2)22(3,4)32-23(31-21)17(11-14-13-30-16-8-6-5-7-15(14)16)26-19(28)20(29)27-18-12-24-9-10-25-18/h5-10,12-13,17H,11H2,1-4H3,(H,26,28)(H,25,27,29)/t17-/m0/s1. The summed E-state index contributed by atoms with van der Waals surface area (Å²) < 4.78 is 18.0. The van der Waals surface area contributed by atoms with Crippen molar-refractivity contribution in [2.24, 2.45) is 0 Å². The predicted molar refractivity (Wildman–Crippen MR) is 119 cm³/mol. The molecule has 32 heavy (non-hydrogen) atoms. The second-order valence-corrected chi connectivity index (χ2v) is 8.71. The van der Waals surface area contributed by atoms with Gasteiger partial charge in [0.15, 0.2) is 5.82 Å². The SMILES string of the molecule is CC1(C)OB([C@H](Cc2coc3ccccc23)NC(=O)C(=O)Nc2cnccn2)OC1(C)C. The van der Waals surface area contributed by atoms with Gasteiger partial charge >= 0.3 is 18.9 Å². The third-order valence-corrected chi connectivity index (χ3v) is 5.93. The summed E-state index contributed by atoms with van der Waals surface area (Å²) in [7, 11) is -0.762. The molecule has 2 aromatic heterocycles. The number of furan rings is 1. The van der Waals surface area contributed by atoms with Crippen LogP contribution in [0.3, 0.4) is 0 Å². The Bertz CT molecular complexity index is 1120. The number of para-hydroxylation sites is 1. The minimum Gasteiger partial charge on any atom is -0.464 e. The van der Waals surface area contributed by atoms with E-state index >= 15 is 0 Å². The smallest absolute Gasteiger partial charge is 0.464 e. The van der Waals surface area contributed by atoms with Crippen LogP contribution in [0, 0.1) is 0 Å². The number of rotatable bonds is 5. The third kappa shape index (κ3) is 4.37. The molecule has 1 aliphatic rings. The average molecular weight is 436 g/mol. The summed E-state index contributed by atoms with van der Waals surface area (Å²) in [5.74, 6) is -2.15. The van der Waals surface area contributed by atoms with Crippen molar-refractivity contribution in [3.63, 3.8) is 0 Å². The van der Waals surface area contributed by atoms with Gasteiger partial charge in [0.05, 0.1) is 29.6 Å². The first-order valence-corrected chi connectivity index (χ1v) is 10.3. The van der Waals surface area contributed by atoms with Gasteiger partial charge in [-0.2, -0.15) is 0 Å². The second kappa shape index (κ2) is 8.36. The topological polar surface area (TPSA) is 116 Å². The summed E-state index contributed by atoms with van der Waals surface area (Å²) in [5.41, 5.74) is 0.416. The van der Waals surface area contributed by atoms with Gasteiger partial charge in [0.2, 0.25) is 0 Å². The molecule has 166 valence electrons. The highest BCUT2D eigenvalue weighted by molar-refractivity contribution is 6.49. The van der Waals surface area contributed by atoms with Gasteiger partial charge in [-0.3, -0.25) is 14.6 Å². The monoisotopic (exact) mass is 436 g/mol. The molecule has 2 N–H and O–H groups in total. The molecule has 1 saturated heterocycles. The highest BCUT2D eigenvalue weighted by Gasteiger charge is 2.54. The zero-order valence-corrected chi connectivity index (χ0v) is 18.4. The van der Waals surface area contributed by atoms with Gasteiger partial charge in [0.25, 0.3) is 0 Å².